The van der Waals surface area contributed by atoms with Crippen LogP contribution in [-0.2, 0) is 0 Å². The van der Waals surface area contributed by atoms with E-state index in [9.17, 15) is 4.79 Å². The number of carbonyl (C=O) groups is 1. The van der Waals surface area contributed by atoms with Crippen molar-refractivity contribution in [3.8, 4) is 0 Å². The highest BCUT2D eigenvalue weighted by Gasteiger charge is 2.30. The number of likely N-dealkylation sites (tertiary alicyclic amines) is 1. The number of hydrogen-bond donors (Lipinski definition) is 1. The largest absolute Gasteiger partial charge is 0.465 e. The molecule has 1 atom stereocenters. The third-order valence-corrected chi connectivity index (χ3v) is 2.21. The molecule has 0 bridgehead atoms. The first-order valence-corrected chi connectivity index (χ1v) is 4.14. The molecular formula is C7H10N4O2. The number of hydrogen-bond acceptors (Lipinski definition) is 3. The second-order valence-corrected chi connectivity index (χ2v) is 2.98. The van der Waals surface area contributed by atoms with Crippen LogP contribution in [0, 0.1) is 0 Å². The molecule has 1 aliphatic rings. The van der Waals surface area contributed by atoms with E-state index in [1.54, 1.807) is 17.1 Å². The molecule has 1 N–H and O–H groups in total. The molecule has 0 aromatic carbocycles. The summed E-state index contributed by atoms with van der Waals surface area (Å²) in [5.41, 5.74) is 0. The minimum atomic E-state index is -0.891. The third kappa shape index (κ3) is 1.34. The maximum Gasteiger partial charge on any atom is 0.409 e. The van der Waals surface area contributed by atoms with Crippen LogP contribution in [0.1, 0.15) is 19.0 Å². The van der Waals surface area contributed by atoms with E-state index in [1.165, 1.54) is 4.90 Å². The first-order chi connectivity index (χ1) is 6.29. The first kappa shape index (κ1) is 8.03. The van der Waals surface area contributed by atoms with Gasteiger partial charge in [-0.15, -0.1) is 5.10 Å². The van der Waals surface area contributed by atoms with Crippen molar-refractivity contribution >= 4 is 6.09 Å². The molecule has 1 aliphatic heterocycles. The second kappa shape index (κ2) is 3.04. The van der Waals surface area contributed by atoms with Gasteiger partial charge in [-0.05, 0) is 12.8 Å². The lowest BCUT2D eigenvalue weighted by Gasteiger charge is -2.20. The lowest BCUT2D eigenvalue weighted by molar-refractivity contribution is 0.119. The quantitative estimate of drug-likeness (QED) is 0.688. The van der Waals surface area contributed by atoms with Crippen LogP contribution in [0.15, 0.2) is 12.4 Å². The van der Waals surface area contributed by atoms with Gasteiger partial charge in [0.15, 0.2) is 0 Å². The maximum atomic E-state index is 10.8. The Hall–Kier alpha value is -1.59. The molecule has 6 nitrogen and oxygen atoms in total. The number of carboxylic acid groups (broad SMARTS) is 1. The fourth-order valence-corrected chi connectivity index (χ4v) is 1.62. The smallest absolute Gasteiger partial charge is 0.409 e. The molecule has 1 saturated heterocycles. The predicted molar refractivity (Wildman–Crippen MR) is 43.0 cm³/mol. The second-order valence-electron chi connectivity index (χ2n) is 2.98. The van der Waals surface area contributed by atoms with Gasteiger partial charge >= 0.3 is 6.09 Å². The Bertz CT molecular complexity index is 297. The Labute approximate surface area is 74.8 Å². The van der Waals surface area contributed by atoms with Gasteiger partial charge in [0.05, 0.1) is 6.20 Å². The minimum absolute atomic E-state index is 0.167. The molecule has 0 spiro atoms. The lowest BCUT2D eigenvalue weighted by atomic mass is 10.3. The molecule has 1 fully saturated rings. The van der Waals surface area contributed by atoms with E-state index in [1.807, 2.05) is 0 Å². The lowest BCUT2D eigenvalue weighted by Crippen LogP contribution is -2.32. The zero-order valence-electron chi connectivity index (χ0n) is 7.00. The van der Waals surface area contributed by atoms with Crippen molar-refractivity contribution in [2.45, 2.75) is 19.0 Å². The van der Waals surface area contributed by atoms with Gasteiger partial charge in [0.1, 0.15) is 6.17 Å². The summed E-state index contributed by atoms with van der Waals surface area (Å²) in [6.45, 7) is 0.583. The molecule has 6 heteroatoms. The van der Waals surface area contributed by atoms with Crippen molar-refractivity contribution in [3.05, 3.63) is 12.4 Å². The highest BCUT2D eigenvalue weighted by atomic mass is 16.4. The van der Waals surface area contributed by atoms with Crippen molar-refractivity contribution in [2.24, 2.45) is 0 Å². The molecule has 2 rings (SSSR count). The number of amides is 1. The topological polar surface area (TPSA) is 71.2 Å². The van der Waals surface area contributed by atoms with Gasteiger partial charge in [0.25, 0.3) is 0 Å². The van der Waals surface area contributed by atoms with Gasteiger partial charge in [-0.2, -0.15) is 0 Å². The summed E-state index contributed by atoms with van der Waals surface area (Å²) in [6, 6.07) is 0. The summed E-state index contributed by atoms with van der Waals surface area (Å²) in [6.07, 6.45) is 3.88. The molecule has 13 heavy (non-hydrogen) atoms. The zero-order valence-corrected chi connectivity index (χ0v) is 7.00. The van der Waals surface area contributed by atoms with Gasteiger partial charge in [0.2, 0.25) is 0 Å². The third-order valence-electron chi connectivity index (χ3n) is 2.21. The molecule has 1 aromatic heterocycles. The molecule has 1 aromatic rings. The van der Waals surface area contributed by atoms with Crippen LogP contribution in [0.4, 0.5) is 4.79 Å². The highest BCUT2D eigenvalue weighted by Crippen LogP contribution is 2.25. The van der Waals surface area contributed by atoms with Crippen molar-refractivity contribution in [1.29, 1.82) is 0 Å². The monoisotopic (exact) mass is 182 g/mol. The first-order valence-electron chi connectivity index (χ1n) is 4.14. The predicted octanol–water partition coefficient (Wildman–Crippen LogP) is 0.550. The average Bonchev–Trinajstić information content (AvgIpc) is 2.74. The Balaban J connectivity index is 2.19. The van der Waals surface area contributed by atoms with E-state index in [4.69, 9.17) is 5.11 Å². The van der Waals surface area contributed by atoms with E-state index in [0.29, 0.717) is 6.54 Å². The van der Waals surface area contributed by atoms with E-state index in [-0.39, 0.29) is 6.17 Å². The standard InChI is InChI=1S/C7H10N4O2/c12-7(13)10-4-1-2-6(10)11-5-3-8-9-11/h3,5-6H,1-2,4H2,(H,12,13). The van der Waals surface area contributed by atoms with E-state index < -0.39 is 6.09 Å². The van der Waals surface area contributed by atoms with Crippen molar-refractivity contribution < 1.29 is 9.90 Å². The number of nitrogens with zero attached hydrogens (tertiary/aromatic N) is 4. The van der Waals surface area contributed by atoms with E-state index in [2.05, 4.69) is 10.3 Å². The molecule has 1 amide bonds. The molecular weight excluding hydrogens is 172 g/mol. The van der Waals surface area contributed by atoms with Gasteiger partial charge in [-0.1, -0.05) is 5.21 Å². The van der Waals surface area contributed by atoms with Gasteiger partial charge in [-0.3, -0.25) is 4.90 Å². The molecule has 1 unspecified atom stereocenters. The van der Waals surface area contributed by atoms with Crippen LogP contribution in [0.3, 0.4) is 0 Å². The molecule has 0 aliphatic carbocycles. The SMILES string of the molecule is O=C(O)N1CCCC1n1ccnn1. The summed E-state index contributed by atoms with van der Waals surface area (Å²) >= 11 is 0. The summed E-state index contributed by atoms with van der Waals surface area (Å²) in [7, 11) is 0. The summed E-state index contributed by atoms with van der Waals surface area (Å²) in [5, 5.41) is 16.3. The molecule has 0 saturated carbocycles. The van der Waals surface area contributed by atoms with E-state index in [0.717, 1.165) is 12.8 Å². The Morgan fingerprint density at radius 1 is 1.62 bits per heavy atom. The summed E-state index contributed by atoms with van der Waals surface area (Å²) in [5.74, 6) is 0. The fraction of sp³-hybridized carbons (Fsp3) is 0.571. The molecule has 70 valence electrons. The normalized spacial score (nSPS) is 22.2. The molecule has 0 radical (unpaired) electrons. The molecule has 2 heterocycles. The van der Waals surface area contributed by atoms with Crippen molar-refractivity contribution in [1.82, 2.24) is 19.9 Å². The van der Waals surface area contributed by atoms with Crippen molar-refractivity contribution in [2.75, 3.05) is 6.54 Å². The van der Waals surface area contributed by atoms with E-state index >= 15 is 0 Å². The van der Waals surface area contributed by atoms with Crippen LogP contribution in [0.25, 0.3) is 0 Å². The van der Waals surface area contributed by atoms with Gasteiger partial charge in [-0.25, -0.2) is 9.48 Å². The Kier molecular flexibility index (Phi) is 1.88. The van der Waals surface area contributed by atoms with Crippen LogP contribution in [0.2, 0.25) is 0 Å². The fourth-order valence-electron chi connectivity index (χ4n) is 1.62. The Morgan fingerprint density at radius 3 is 3.08 bits per heavy atom. The average molecular weight is 182 g/mol. The van der Waals surface area contributed by atoms with Crippen molar-refractivity contribution in [3.63, 3.8) is 0 Å². The number of aromatic nitrogens is 3. The van der Waals surface area contributed by atoms with Crippen LogP contribution >= 0.6 is 0 Å². The van der Waals surface area contributed by atoms with Crippen LogP contribution in [-0.4, -0.2) is 37.6 Å². The Morgan fingerprint density at radius 2 is 2.46 bits per heavy atom. The van der Waals surface area contributed by atoms with Crippen LogP contribution < -0.4 is 0 Å². The maximum absolute atomic E-state index is 10.8. The van der Waals surface area contributed by atoms with Gasteiger partial charge < -0.3 is 5.11 Å². The minimum Gasteiger partial charge on any atom is -0.465 e. The summed E-state index contributed by atoms with van der Waals surface area (Å²) < 4.78 is 1.58. The summed E-state index contributed by atoms with van der Waals surface area (Å²) in [4.78, 5) is 12.2. The van der Waals surface area contributed by atoms with Crippen LogP contribution in [0.5, 0.6) is 0 Å². The van der Waals surface area contributed by atoms with Gasteiger partial charge in [0, 0.05) is 12.7 Å². The number of rotatable bonds is 1. The highest BCUT2D eigenvalue weighted by molar-refractivity contribution is 5.65. The zero-order chi connectivity index (χ0) is 9.26.